The van der Waals surface area contributed by atoms with E-state index in [9.17, 15) is 4.79 Å². The van der Waals surface area contributed by atoms with Crippen LogP contribution in [0.15, 0.2) is 30.5 Å². The van der Waals surface area contributed by atoms with Crippen molar-refractivity contribution in [1.29, 1.82) is 0 Å². The average molecular weight is 431 g/mol. The highest BCUT2D eigenvalue weighted by atomic mass is 35.5. The number of amides is 1. The summed E-state index contributed by atoms with van der Waals surface area (Å²) in [7, 11) is 0. The fourth-order valence-electron chi connectivity index (χ4n) is 3.20. The molecule has 2 aromatic heterocycles. The number of halogens is 1. The fraction of sp³-hybridized carbons (Fsp3) is 0.429. The van der Waals surface area contributed by atoms with E-state index >= 15 is 0 Å². The number of carbonyl (C=O) groups excluding carboxylic acids is 1. The molecule has 1 amide bonds. The quantitative estimate of drug-likeness (QED) is 0.489. The fourth-order valence-corrected chi connectivity index (χ4v) is 3.38. The van der Waals surface area contributed by atoms with E-state index in [1.165, 1.54) is 6.20 Å². The smallest absolute Gasteiger partial charge is 0.278 e. The maximum absolute atomic E-state index is 13.0. The van der Waals surface area contributed by atoms with Crippen molar-refractivity contribution >= 4 is 40.4 Å². The maximum Gasteiger partial charge on any atom is 0.278 e. The molecule has 0 unspecified atom stereocenters. The van der Waals surface area contributed by atoms with Crippen molar-refractivity contribution in [3.63, 3.8) is 0 Å². The number of aromatic nitrogens is 4. The Morgan fingerprint density at radius 3 is 2.70 bits per heavy atom. The van der Waals surface area contributed by atoms with Crippen LogP contribution in [0.1, 0.15) is 37.7 Å². The van der Waals surface area contributed by atoms with Crippen LogP contribution in [-0.2, 0) is 11.3 Å². The minimum Gasteiger partial charge on any atom is -0.382 e. The van der Waals surface area contributed by atoms with Gasteiger partial charge >= 0.3 is 0 Å². The molecule has 0 bridgehead atoms. The lowest BCUT2D eigenvalue weighted by Crippen LogP contribution is -2.26. The Kier molecular flexibility index (Phi) is 7.59. The van der Waals surface area contributed by atoms with Gasteiger partial charge in [-0.2, -0.15) is 0 Å². The summed E-state index contributed by atoms with van der Waals surface area (Å²) < 4.78 is 7.43. The number of hydrogen-bond acceptors (Lipinski definition) is 6. The standard InChI is InChI=1S/C21H27ClN6O2/c1-4-27(5-2)20-23-14-15(22)18(25-20)19(29)26-21-24-16-10-7-8-11-17(16)28(21)12-9-13-30-6-3/h7-8,10-11,14H,4-6,9,12-13H2,1-3H3,(H,24,26,29). The van der Waals surface area contributed by atoms with Crippen LogP contribution in [0, 0.1) is 0 Å². The number of aryl methyl sites for hydroxylation is 1. The molecule has 1 N–H and O–H groups in total. The molecule has 0 saturated carbocycles. The number of para-hydroxylation sites is 2. The molecule has 3 rings (SSSR count). The first-order chi connectivity index (χ1) is 14.6. The number of rotatable bonds is 10. The molecule has 0 aliphatic carbocycles. The van der Waals surface area contributed by atoms with E-state index in [-0.39, 0.29) is 10.7 Å². The van der Waals surface area contributed by atoms with Gasteiger partial charge in [0.25, 0.3) is 5.91 Å². The summed E-state index contributed by atoms with van der Waals surface area (Å²) in [4.78, 5) is 28.2. The van der Waals surface area contributed by atoms with Crippen molar-refractivity contribution in [3.05, 3.63) is 41.2 Å². The van der Waals surface area contributed by atoms with E-state index in [2.05, 4.69) is 20.3 Å². The number of hydrogen-bond donors (Lipinski definition) is 1. The summed E-state index contributed by atoms with van der Waals surface area (Å²) in [6.07, 6.45) is 2.26. The van der Waals surface area contributed by atoms with E-state index in [1.54, 1.807) is 0 Å². The van der Waals surface area contributed by atoms with Crippen molar-refractivity contribution in [2.24, 2.45) is 0 Å². The lowest BCUT2D eigenvalue weighted by molar-refractivity contribution is 0.102. The van der Waals surface area contributed by atoms with Crippen LogP contribution < -0.4 is 10.2 Å². The summed E-state index contributed by atoms with van der Waals surface area (Å²) in [5.74, 6) is 0.508. The molecule has 0 radical (unpaired) electrons. The average Bonchev–Trinajstić information content (AvgIpc) is 3.10. The molecule has 0 saturated heterocycles. The Morgan fingerprint density at radius 2 is 1.97 bits per heavy atom. The van der Waals surface area contributed by atoms with Crippen molar-refractivity contribution in [1.82, 2.24) is 19.5 Å². The van der Waals surface area contributed by atoms with Crippen molar-refractivity contribution in [3.8, 4) is 0 Å². The zero-order valence-corrected chi connectivity index (χ0v) is 18.3. The third kappa shape index (κ3) is 4.88. The summed E-state index contributed by atoms with van der Waals surface area (Å²) >= 11 is 6.24. The van der Waals surface area contributed by atoms with Gasteiger partial charge in [0.15, 0.2) is 5.69 Å². The number of nitrogens with zero attached hydrogens (tertiary/aromatic N) is 5. The molecule has 0 spiro atoms. The van der Waals surface area contributed by atoms with Gasteiger partial charge in [0, 0.05) is 32.8 Å². The second kappa shape index (κ2) is 10.4. The molecule has 0 aliphatic rings. The monoisotopic (exact) mass is 430 g/mol. The van der Waals surface area contributed by atoms with Gasteiger partial charge in [0.05, 0.1) is 22.3 Å². The summed E-state index contributed by atoms with van der Waals surface area (Å²) in [6, 6.07) is 7.77. The van der Waals surface area contributed by atoms with E-state index in [1.807, 2.05) is 54.5 Å². The Balaban J connectivity index is 1.88. The molecule has 0 aliphatic heterocycles. The number of nitrogens with one attached hydrogen (secondary N) is 1. The molecule has 9 heteroatoms. The van der Waals surface area contributed by atoms with Crippen LogP contribution in [0.3, 0.4) is 0 Å². The summed E-state index contributed by atoms with van der Waals surface area (Å²) in [6.45, 7) is 9.42. The second-order valence-electron chi connectivity index (χ2n) is 6.62. The molecule has 160 valence electrons. The van der Waals surface area contributed by atoms with Crippen molar-refractivity contribution < 1.29 is 9.53 Å². The first-order valence-electron chi connectivity index (χ1n) is 10.2. The summed E-state index contributed by atoms with van der Waals surface area (Å²) in [5, 5.41) is 3.08. The molecule has 0 fully saturated rings. The van der Waals surface area contributed by atoms with Gasteiger partial charge in [-0.25, -0.2) is 15.0 Å². The van der Waals surface area contributed by atoms with Crippen LogP contribution >= 0.6 is 11.6 Å². The van der Waals surface area contributed by atoms with E-state index in [0.717, 1.165) is 30.5 Å². The van der Waals surface area contributed by atoms with Gasteiger partial charge in [0.2, 0.25) is 11.9 Å². The molecular formula is C21H27ClN6O2. The molecule has 0 atom stereocenters. The van der Waals surface area contributed by atoms with Gasteiger partial charge in [-0.1, -0.05) is 23.7 Å². The number of ether oxygens (including phenoxy) is 1. The third-order valence-corrected chi connectivity index (χ3v) is 5.02. The molecular weight excluding hydrogens is 404 g/mol. The molecule has 30 heavy (non-hydrogen) atoms. The largest absolute Gasteiger partial charge is 0.382 e. The normalized spacial score (nSPS) is 11.1. The molecule has 2 heterocycles. The Bertz CT molecular complexity index is 1000. The summed E-state index contributed by atoms with van der Waals surface area (Å²) in [5.41, 5.74) is 1.88. The molecule has 1 aromatic carbocycles. The highest BCUT2D eigenvalue weighted by molar-refractivity contribution is 6.34. The van der Waals surface area contributed by atoms with Gasteiger partial charge < -0.3 is 14.2 Å². The van der Waals surface area contributed by atoms with E-state index in [4.69, 9.17) is 16.3 Å². The van der Waals surface area contributed by atoms with Gasteiger partial charge in [0.1, 0.15) is 0 Å². The van der Waals surface area contributed by atoms with E-state index in [0.29, 0.717) is 31.7 Å². The minimum absolute atomic E-state index is 0.126. The van der Waals surface area contributed by atoms with Crippen LogP contribution in [0.4, 0.5) is 11.9 Å². The second-order valence-corrected chi connectivity index (χ2v) is 7.03. The number of carbonyl (C=O) groups is 1. The van der Waals surface area contributed by atoms with Gasteiger partial charge in [-0.3, -0.25) is 10.1 Å². The Hall–Kier alpha value is -2.71. The van der Waals surface area contributed by atoms with Crippen LogP contribution in [0.25, 0.3) is 11.0 Å². The van der Waals surface area contributed by atoms with Crippen LogP contribution in [-0.4, -0.2) is 51.7 Å². The number of benzene rings is 1. The lowest BCUT2D eigenvalue weighted by Gasteiger charge is -2.19. The first-order valence-corrected chi connectivity index (χ1v) is 10.6. The number of fused-ring (bicyclic) bond motifs is 1. The third-order valence-electron chi connectivity index (χ3n) is 4.75. The SMILES string of the molecule is CCOCCCn1c(NC(=O)c2nc(N(CC)CC)ncc2Cl)nc2ccccc21. The van der Waals surface area contributed by atoms with E-state index < -0.39 is 5.91 Å². The molecule has 3 aromatic rings. The minimum atomic E-state index is -0.419. The highest BCUT2D eigenvalue weighted by Crippen LogP contribution is 2.22. The topological polar surface area (TPSA) is 85.2 Å². The predicted octanol–water partition coefficient (Wildman–Crippen LogP) is 4.00. The highest BCUT2D eigenvalue weighted by Gasteiger charge is 2.19. The Morgan fingerprint density at radius 1 is 1.20 bits per heavy atom. The molecule has 8 nitrogen and oxygen atoms in total. The van der Waals surface area contributed by atoms with Gasteiger partial charge in [-0.15, -0.1) is 0 Å². The van der Waals surface area contributed by atoms with Gasteiger partial charge in [-0.05, 0) is 39.3 Å². The maximum atomic E-state index is 13.0. The lowest BCUT2D eigenvalue weighted by atomic mass is 10.3. The number of anilines is 2. The van der Waals surface area contributed by atoms with Crippen LogP contribution in [0.5, 0.6) is 0 Å². The van der Waals surface area contributed by atoms with Crippen LogP contribution in [0.2, 0.25) is 5.02 Å². The zero-order chi connectivity index (χ0) is 21.5. The Labute approximate surface area is 181 Å². The zero-order valence-electron chi connectivity index (χ0n) is 17.6. The number of imidazole rings is 1. The first kappa shape index (κ1) is 22.0. The van der Waals surface area contributed by atoms with Crippen molar-refractivity contribution in [2.75, 3.05) is 36.5 Å². The van der Waals surface area contributed by atoms with Crippen molar-refractivity contribution in [2.45, 2.75) is 33.7 Å². The predicted molar refractivity (Wildman–Crippen MR) is 119 cm³/mol.